The smallest absolute Gasteiger partial charge is 0.260 e. The van der Waals surface area contributed by atoms with E-state index in [9.17, 15) is 0 Å². The van der Waals surface area contributed by atoms with Gasteiger partial charge in [-0.15, -0.1) is 0 Å². The van der Waals surface area contributed by atoms with Gasteiger partial charge in [-0.1, -0.05) is 19.0 Å². The number of nitrogens with zero attached hydrogens (tertiary/aromatic N) is 3. The van der Waals surface area contributed by atoms with E-state index in [0.29, 0.717) is 23.7 Å². The lowest BCUT2D eigenvalue weighted by Gasteiger charge is -2.30. The molecule has 2 N–H and O–H groups in total. The van der Waals surface area contributed by atoms with E-state index in [1.54, 1.807) is 0 Å². The van der Waals surface area contributed by atoms with E-state index >= 15 is 0 Å². The van der Waals surface area contributed by atoms with Crippen LogP contribution >= 0.6 is 0 Å². The fraction of sp³-hybridized carbons (Fsp3) is 0.478. The Hall–Kier alpha value is -2.40. The first kappa shape index (κ1) is 18.9. The van der Waals surface area contributed by atoms with E-state index in [0.717, 1.165) is 30.4 Å². The van der Waals surface area contributed by atoms with Gasteiger partial charge in [-0.3, -0.25) is 0 Å². The van der Waals surface area contributed by atoms with E-state index in [1.165, 1.54) is 34.4 Å². The highest BCUT2D eigenvalue weighted by molar-refractivity contribution is 5.65. The predicted octanol–water partition coefficient (Wildman–Crippen LogP) is 4.38. The van der Waals surface area contributed by atoms with Gasteiger partial charge in [0.05, 0.1) is 5.56 Å². The lowest BCUT2D eigenvalue weighted by molar-refractivity contribution is 0.308. The van der Waals surface area contributed by atoms with Gasteiger partial charge in [0.1, 0.15) is 0 Å². The minimum atomic E-state index is 0.344. The molecule has 0 unspecified atom stereocenters. The first-order valence-electron chi connectivity index (χ1n) is 10.1. The molecule has 2 aromatic heterocycles. The first-order valence-corrected chi connectivity index (χ1v) is 10.1. The summed E-state index contributed by atoms with van der Waals surface area (Å²) >= 11 is 0. The van der Waals surface area contributed by atoms with Gasteiger partial charge in [-0.05, 0) is 85.9 Å². The standard InChI is InChI=1S/C23H30N4O/c1-14-10-16(11-15(2)17(14)7-9-24)21-25-22(28-26-21)19-13-27(5)20-12-23(3,4)8-6-18(19)20/h10-11,13H,6-9,12,24H2,1-5H3. The Bertz CT molecular complexity index is 1000. The van der Waals surface area contributed by atoms with Gasteiger partial charge >= 0.3 is 0 Å². The van der Waals surface area contributed by atoms with Gasteiger partial charge in [0.2, 0.25) is 5.82 Å². The third kappa shape index (κ3) is 3.28. The number of benzene rings is 1. The third-order valence-electron chi connectivity index (χ3n) is 6.12. The Kier molecular flexibility index (Phi) is 4.66. The van der Waals surface area contributed by atoms with Gasteiger partial charge < -0.3 is 14.8 Å². The van der Waals surface area contributed by atoms with Crippen LogP contribution < -0.4 is 5.73 Å². The molecule has 1 aromatic carbocycles. The second kappa shape index (κ2) is 6.89. The van der Waals surface area contributed by atoms with Crippen LogP contribution in [0.3, 0.4) is 0 Å². The van der Waals surface area contributed by atoms with Crippen molar-refractivity contribution in [1.29, 1.82) is 0 Å². The number of rotatable bonds is 4. The van der Waals surface area contributed by atoms with Gasteiger partial charge in [0.15, 0.2) is 0 Å². The molecule has 148 valence electrons. The van der Waals surface area contributed by atoms with Crippen molar-refractivity contribution in [3.05, 3.63) is 46.3 Å². The maximum absolute atomic E-state index is 5.75. The van der Waals surface area contributed by atoms with Crippen molar-refractivity contribution in [2.45, 2.75) is 53.4 Å². The number of aromatic nitrogens is 3. The van der Waals surface area contributed by atoms with Crippen LogP contribution in [-0.4, -0.2) is 21.3 Å². The fourth-order valence-corrected chi connectivity index (χ4v) is 4.53. The molecule has 0 radical (unpaired) electrons. The van der Waals surface area contributed by atoms with Gasteiger partial charge in [-0.25, -0.2) is 0 Å². The van der Waals surface area contributed by atoms with Crippen LogP contribution in [0.15, 0.2) is 22.9 Å². The van der Waals surface area contributed by atoms with Crippen LogP contribution in [0, 0.1) is 19.3 Å². The van der Waals surface area contributed by atoms with Crippen LogP contribution in [0.4, 0.5) is 0 Å². The van der Waals surface area contributed by atoms with E-state index in [1.807, 2.05) is 0 Å². The van der Waals surface area contributed by atoms with Crippen LogP contribution in [0.2, 0.25) is 0 Å². The summed E-state index contributed by atoms with van der Waals surface area (Å²) in [5.41, 5.74) is 14.7. The summed E-state index contributed by atoms with van der Waals surface area (Å²) in [6, 6.07) is 4.27. The Balaban J connectivity index is 1.70. The second-order valence-corrected chi connectivity index (χ2v) is 8.97. The van der Waals surface area contributed by atoms with Gasteiger partial charge in [0, 0.05) is 24.5 Å². The van der Waals surface area contributed by atoms with Crippen molar-refractivity contribution in [1.82, 2.24) is 14.7 Å². The molecule has 4 rings (SSSR count). The minimum Gasteiger partial charge on any atom is -0.353 e. The summed E-state index contributed by atoms with van der Waals surface area (Å²) < 4.78 is 7.93. The van der Waals surface area contributed by atoms with Crippen LogP contribution in [-0.2, 0) is 26.3 Å². The molecular formula is C23H30N4O. The molecule has 1 aliphatic rings. The lowest BCUT2D eigenvalue weighted by atomic mass is 9.76. The topological polar surface area (TPSA) is 69.9 Å². The van der Waals surface area contributed by atoms with Crippen molar-refractivity contribution in [3.63, 3.8) is 0 Å². The molecule has 28 heavy (non-hydrogen) atoms. The largest absolute Gasteiger partial charge is 0.353 e. The molecule has 0 saturated carbocycles. The molecule has 0 aliphatic heterocycles. The zero-order chi connectivity index (χ0) is 20.1. The van der Waals surface area contributed by atoms with Crippen molar-refractivity contribution in [2.24, 2.45) is 18.2 Å². The lowest BCUT2D eigenvalue weighted by Crippen LogP contribution is -2.23. The monoisotopic (exact) mass is 378 g/mol. The molecule has 2 heterocycles. The number of nitrogens with two attached hydrogens (primary N) is 1. The highest BCUT2D eigenvalue weighted by Crippen LogP contribution is 2.40. The highest BCUT2D eigenvalue weighted by atomic mass is 16.5. The summed E-state index contributed by atoms with van der Waals surface area (Å²) in [5.74, 6) is 1.27. The summed E-state index contributed by atoms with van der Waals surface area (Å²) in [5, 5.41) is 4.29. The Morgan fingerprint density at radius 1 is 1.21 bits per heavy atom. The van der Waals surface area contributed by atoms with E-state index in [4.69, 9.17) is 15.2 Å². The zero-order valence-corrected chi connectivity index (χ0v) is 17.6. The quantitative estimate of drug-likeness (QED) is 0.732. The average Bonchev–Trinajstić information content (AvgIpc) is 3.22. The number of hydrogen-bond acceptors (Lipinski definition) is 4. The number of fused-ring (bicyclic) bond motifs is 1. The third-order valence-corrected chi connectivity index (χ3v) is 6.12. The van der Waals surface area contributed by atoms with Gasteiger partial charge in [0.25, 0.3) is 5.89 Å². The van der Waals surface area contributed by atoms with Crippen LogP contribution in [0.1, 0.15) is 48.2 Å². The maximum atomic E-state index is 5.75. The molecular weight excluding hydrogens is 348 g/mol. The van der Waals surface area contributed by atoms with E-state index < -0.39 is 0 Å². The van der Waals surface area contributed by atoms with Gasteiger partial charge in [-0.2, -0.15) is 4.98 Å². The number of hydrogen-bond donors (Lipinski definition) is 1. The molecule has 0 fully saturated rings. The average molecular weight is 379 g/mol. The first-order chi connectivity index (χ1) is 13.3. The van der Waals surface area contributed by atoms with Crippen LogP contribution in [0.5, 0.6) is 0 Å². The number of aryl methyl sites for hydroxylation is 3. The second-order valence-electron chi connectivity index (χ2n) is 8.97. The van der Waals surface area contributed by atoms with Crippen molar-refractivity contribution < 1.29 is 4.52 Å². The summed E-state index contributed by atoms with van der Waals surface area (Å²) in [4.78, 5) is 4.75. The summed E-state index contributed by atoms with van der Waals surface area (Å²) in [6.07, 6.45) is 6.36. The van der Waals surface area contributed by atoms with Crippen molar-refractivity contribution in [2.75, 3.05) is 6.54 Å². The molecule has 5 heteroatoms. The molecule has 5 nitrogen and oxygen atoms in total. The maximum Gasteiger partial charge on any atom is 0.260 e. The molecule has 0 saturated heterocycles. The van der Waals surface area contributed by atoms with E-state index in [-0.39, 0.29) is 0 Å². The Morgan fingerprint density at radius 3 is 2.61 bits per heavy atom. The normalized spacial score (nSPS) is 15.6. The van der Waals surface area contributed by atoms with Crippen LogP contribution in [0.25, 0.3) is 22.8 Å². The molecule has 0 spiro atoms. The molecule has 0 atom stereocenters. The molecule has 1 aliphatic carbocycles. The van der Waals surface area contributed by atoms with Crippen molar-refractivity contribution in [3.8, 4) is 22.8 Å². The van der Waals surface area contributed by atoms with Crippen molar-refractivity contribution >= 4 is 0 Å². The van der Waals surface area contributed by atoms with E-state index in [2.05, 4.69) is 62.8 Å². The Labute approximate surface area is 166 Å². The fourth-order valence-electron chi connectivity index (χ4n) is 4.53. The highest BCUT2D eigenvalue weighted by Gasteiger charge is 2.31. The molecule has 0 bridgehead atoms. The molecule has 0 amide bonds. The molecule has 3 aromatic rings. The summed E-state index contributed by atoms with van der Waals surface area (Å²) in [7, 11) is 2.11. The summed E-state index contributed by atoms with van der Waals surface area (Å²) in [6.45, 7) is 9.58. The zero-order valence-electron chi connectivity index (χ0n) is 17.6. The minimum absolute atomic E-state index is 0.344. The Morgan fingerprint density at radius 2 is 1.93 bits per heavy atom. The SMILES string of the molecule is Cc1cc(-c2noc(-c3cn(C)c4c3CCC(C)(C)C4)n2)cc(C)c1CCN. The predicted molar refractivity (Wildman–Crippen MR) is 112 cm³/mol.